The summed E-state index contributed by atoms with van der Waals surface area (Å²) >= 11 is 1.85. The first-order valence-corrected chi connectivity index (χ1v) is 11.1. The van der Waals surface area contributed by atoms with E-state index in [2.05, 4.69) is 63.3 Å². The van der Waals surface area contributed by atoms with Gasteiger partial charge in [0.15, 0.2) is 0 Å². The Kier molecular flexibility index (Phi) is 5.46. The highest BCUT2D eigenvalue weighted by Crippen LogP contribution is 2.43. The topological polar surface area (TPSA) is 32.3 Å². The molecule has 1 aliphatic heterocycles. The van der Waals surface area contributed by atoms with E-state index in [1.165, 1.54) is 37.6 Å². The van der Waals surface area contributed by atoms with Gasteiger partial charge in [0.25, 0.3) is 0 Å². The molecule has 1 aliphatic rings. The SMILES string of the molecule is CCc1c(C)sc2c1CCN(C(=O)Nc1ccc(C)c(C)c1)[C@H]2c1ccccc1. The van der Waals surface area contributed by atoms with Gasteiger partial charge in [-0.15, -0.1) is 11.3 Å². The molecule has 1 atom stereocenters. The molecule has 0 bridgehead atoms. The molecule has 150 valence electrons. The number of fused-ring (bicyclic) bond motifs is 1. The molecule has 4 heteroatoms. The maximum atomic E-state index is 13.3. The summed E-state index contributed by atoms with van der Waals surface area (Å²) < 4.78 is 0. The van der Waals surface area contributed by atoms with Crippen LogP contribution in [-0.2, 0) is 12.8 Å². The molecule has 0 aliphatic carbocycles. The summed E-state index contributed by atoms with van der Waals surface area (Å²) in [5, 5.41) is 3.14. The van der Waals surface area contributed by atoms with Crippen molar-refractivity contribution in [2.75, 3.05) is 11.9 Å². The third-order valence-electron chi connectivity index (χ3n) is 6.00. The fourth-order valence-electron chi connectivity index (χ4n) is 4.31. The third kappa shape index (κ3) is 3.69. The minimum Gasteiger partial charge on any atom is -0.312 e. The van der Waals surface area contributed by atoms with E-state index in [0.717, 1.165) is 25.1 Å². The summed E-state index contributed by atoms with van der Waals surface area (Å²) in [5.41, 5.74) is 7.37. The van der Waals surface area contributed by atoms with Crippen molar-refractivity contribution in [1.82, 2.24) is 4.90 Å². The Bertz CT molecular complexity index is 1040. The lowest BCUT2D eigenvalue weighted by molar-refractivity contribution is 0.195. The third-order valence-corrected chi connectivity index (χ3v) is 7.24. The number of nitrogens with zero attached hydrogens (tertiary/aromatic N) is 1. The Hall–Kier alpha value is -2.59. The van der Waals surface area contributed by atoms with Crippen molar-refractivity contribution in [1.29, 1.82) is 0 Å². The standard InChI is InChI=1S/C25H28N2OS/c1-5-21-18(4)29-24-22(21)13-14-27(23(24)19-9-7-6-8-10-19)25(28)26-20-12-11-16(2)17(3)15-20/h6-12,15,23H,5,13-14H2,1-4H3,(H,26,28)/t23-/m0/s1. The average molecular weight is 405 g/mol. The molecule has 0 radical (unpaired) electrons. The van der Waals surface area contributed by atoms with Crippen LogP contribution in [0.15, 0.2) is 48.5 Å². The summed E-state index contributed by atoms with van der Waals surface area (Å²) in [6.45, 7) is 9.33. The van der Waals surface area contributed by atoms with E-state index in [1.54, 1.807) is 0 Å². The maximum absolute atomic E-state index is 13.3. The minimum atomic E-state index is -0.0319. The zero-order chi connectivity index (χ0) is 20.5. The molecule has 1 aromatic heterocycles. The number of aryl methyl sites for hydroxylation is 3. The largest absolute Gasteiger partial charge is 0.322 e. The number of hydrogen-bond acceptors (Lipinski definition) is 2. The summed E-state index contributed by atoms with van der Waals surface area (Å²) in [7, 11) is 0. The molecule has 0 fully saturated rings. The summed E-state index contributed by atoms with van der Waals surface area (Å²) in [4.78, 5) is 18.1. The van der Waals surface area contributed by atoms with E-state index in [9.17, 15) is 4.79 Å². The van der Waals surface area contributed by atoms with Crippen LogP contribution in [0.2, 0.25) is 0 Å². The Morgan fingerprint density at radius 3 is 2.55 bits per heavy atom. The number of urea groups is 1. The zero-order valence-corrected chi connectivity index (χ0v) is 18.4. The first kappa shape index (κ1) is 19.7. The Morgan fingerprint density at radius 2 is 1.86 bits per heavy atom. The van der Waals surface area contributed by atoms with E-state index in [4.69, 9.17) is 0 Å². The van der Waals surface area contributed by atoms with Crippen molar-refractivity contribution in [3.8, 4) is 0 Å². The van der Waals surface area contributed by atoms with E-state index < -0.39 is 0 Å². The number of benzene rings is 2. The van der Waals surface area contributed by atoms with Gasteiger partial charge in [-0.2, -0.15) is 0 Å². The van der Waals surface area contributed by atoms with Crippen LogP contribution in [0.4, 0.5) is 10.5 Å². The smallest absolute Gasteiger partial charge is 0.312 e. The highest BCUT2D eigenvalue weighted by molar-refractivity contribution is 7.12. The number of amides is 2. The Labute approximate surface area is 177 Å². The predicted octanol–water partition coefficient (Wildman–Crippen LogP) is 6.42. The first-order valence-electron chi connectivity index (χ1n) is 10.3. The number of anilines is 1. The summed E-state index contributed by atoms with van der Waals surface area (Å²) in [6.07, 6.45) is 1.97. The van der Waals surface area contributed by atoms with Gasteiger partial charge in [0.1, 0.15) is 0 Å². The van der Waals surface area contributed by atoms with E-state index in [0.29, 0.717) is 0 Å². The van der Waals surface area contributed by atoms with Gasteiger partial charge in [-0.1, -0.05) is 43.3 Å². The minimum absolute atomic E-state index is 0.0307. The Balaban J connectivity index is 1.71. The van der Waals surface area contributed by atoms with Gasteiger partial charge in [0, 0.05) is 22.0 Å². The van der Waals surface area contributed by atoms with Gasteiger partial charge in [0.2, 0.25) is 0 Å². The van der Waals surface area contributed by atoms with E-state index >= 15 is 0 Å². The van der Waals surface area contributed by atoms with Crippen molar-refractivity contribution < 1.29 is 4.79 Å². The summed E-state index contributed by atoms with van der Waals surface area (Å²) in [6, 6.07) is 16.4. The number of thiophene rings is 1. The van der Waals surface area contributed by atoms with Crippen molar-refractivity contribution in [2.45, 2.75) is 46.6 Å². The van der Waals surface area contributed by atoms with Crippen LogP contribution in [0.25, 0.3) is 0 Å². The number of carbonyl (C=O) groups is 1. The van der Waals surface area contributed by atoms with Crippen LogP contribution in [0.3, 0.4) is 0 Å². The predicted molar refractivity (Wildman–Crippen MR) is 122 cm³/mol. The van der Waals surface area contributed by atoms with Gasteiger partial charge >= 0.3 is 6.03 Å². The lowest BCUT2D eigenvalue weighted by Gasteiger charge is -2.36. The molecule has 4 rings (SSSR count). The molecule has 2 aromatic carbocycles. The van der Waals surface area contributed by atoms with Gasteiger partial charge in [-0.25, -0.2) is 4.79 Å². The van der Waals surface area contributed by atoms with Crippen LogP contribution in [0, 0.1) is 20.8 Å². The van der Waals surface area contributed by atoms with Crippen molar-refractivity contribution >= 4 is 23.1 Å². The van der Waals surface area contributed by atoms with Crippen LogP contribution in [-0.4, -0.2) is 17.5 Å². The van der Waals surface area contributed by atoms with Gasteiger partial charge in [-0.3, -0.25) is 0 Å². The van der Waals surface area contributed by atoms with E-state index in [1.807, 2.05) is 34.4 Å². The summed E-state index contributed by atoms with van der Waals surface area (Å²) in [5.74, 6) is 0. The lowest BCUT2D eigenvalue weighted by atomic mass is 9.92. The molecule has 29 heavy (non-hydrogen) atoms. The van der Waals surface area contributed by atoms with Crippen LogP contribution in [0.5, 0.6) is 0 Å². The zero-order valence-electron chi connectivity index (χ0n) is 17.6. The molecule has 0 spiro atoms. The lowest BCUT2D eigenvalue weighted by Crippen LogP contribution is -2.42. The highest BCUT2D eigenvalue weighted by Gasteiger charge is 2.35. The monoisotopic (exact) mass is 404 g/mol. The second kappa shape index (κ2) is 8.03. The fourth-order valence-corrected chi connectivity index (χ4v) is 5.75. The second-order valence-electron chi connectivity index (χ2n) is 7.82. The maximum Gasteiger partial charge on any atom is 0.322 e. The van der Waals surface area contributed by atoms with Crippen molar-refractivity contribution in [3.05, 3.63) is 86.1 Å². The molecule has 0 unspecified atom stereocenters. The van der Waals surface area contributed by atoms with Gasteiger partial charge in [-0.05, 0) is 73.6 Å². The molecule has 1 N–H and O–H groups in total. The quantitative estimate of drug-likeness (QED) is 0.537. The van der Waals surface area contributed by atoms with Crippen molar-refractivity contribution in [2.24, 2.45) is 0 Å². The van der Waals surface area contributed by atoms with Crippen LogP contribution in [0.1, 0.15) is 50.5 Å². The molecule has 2 heterocycles. The molecule has 2 amide bonds. The molecular formula is C25H28N2OS. The average Bonchev–Trinajstić information content (AvgIpc) is 3.05. The molecular weight excluding hydrogens is 376 g/mol. The molecule has 0 saturated heterocycles. The van der Waals surface area contributed by atoms with Crippen LogP contribution >= 0.6 is 11.3 Å². The molecule has 3 nitrogen and oxygen atoms in total. The number of hydrogen-bond donors (Lipinski definition) is 1. The van der Waals surface area contributed by atoms with Crippen molar-refractivity contribution in [3.63, 3.8) is 0 Å². The number of rotatable bonds is 3. The molecule has 0 saturated carbocycles. The second-order valence-corrected chi connectivity index (χ2v) is 9.08. The molecule has 3 aromatic rings. The van der Waals surface area contributed by atoms with E-state index in [-0.39, 0.29) is 12.1 Å². The van der Waals surface area contributed by atoms with Gasteiger partial charge < -0.3 is 10.2 Å². The normalized spacial score (nSPS) is 15.9. The first-order chi connectivity index (χ1) is 14.0. The van der Waals surface area contributed by atoms with Gasteiger partial charge in [0.05, 0.1) is 6.04 Å². The highest BCUT2D eigenvalue weighted by atomic mass is 32.1. The number of nitrogens with one attached hydrogen (secondary N) is 1. The Morgan fingerprint density at radius 1 is 1.10 bits per heavy atom. The number of carbonyl (C=O) groups excluding carboxylic acids is 1. The fraction of sp³-hybridized carbons (Fsp3) is 0.320. The van der Waals surface area contributed by atoms with Crippen LogP contribution < -0.4 is 5.32 Å².